The van der Waals surface area contributed by atoms with Crippen LogP contribution in [0.1, 0.15) is 15.9 Å². The third kappa shape index (κ3) is 2.34. The fraction of sp³-hybridized carbons (Fsp3) is 0. The first-order valence-electron chi connectivity index (χ1n) is 5.63. The van der Waals surface area contributed by atoms with E-state index in [0.29, 0.717) is 10.6 Å². The van der Waals surface area contributed by atoms with E-state index in [1.54, 1.807) is 29.5 Å². The topological polar surface area (TPSA) is 17.1 Å². The van der Waals surface area contributed by atoms with Crippen LogP contribution < -0.4 is 0 Å². The summed E-state index contributed by atoms with van der Waals surface area (Å²) < 4.78 is 1.88. The SMILES string of the molecule is O=C(c1cc(Cl)ccc1Br)c1csc2ccccc12. The molecule has 1 nitrogen and oxygen atoms in total. The second-order valence-corrected chi connectivity index (χ2v) is 6.30. The van der Waals surface area contributed by atoms with E-state index in [9.17, 15) is 4.79 Å². The zero-order valence-electron chi connectivity index (χ0n) is 9.69. The third-order valence-corrected chi connectivity index (χ3v) is 4.79. The van der Waals surface area contributed by atoms with Gasteiger partial charge in [0.25, 0.3) is 0 Å². The lowest BCUT2D eigenvalue weighted by molar-refractivity contribution is 0.104. The second-order valence-electron chi connectivity index (χ2n) is 4.10. The molecule has 0 fully saturated rings. The molecule has 1 aromatic heterocycles. The van der Waals surface area contributed by atoms with Crippen LogP contribution in [0.3, 0.4) is 0 Å². The van der Waals surface area contributed by atoms with Gasteiger partial charge >= 0.3 is 0 Å². The molecule has 3 aromatic rings. The molecule has 4 heteroatoms. The van der Waals surface area contributed by atoms with Crippen molar-refractivity contribution < 1.29 is 4.79 Å². The Morgan fingerprint density at radius 3 is 2.74 bits per heavy atom. The fourth-order valence-electron chi connectivity index (χ4n) is 1.97. The number of thiophene rings is 1. The van der Waals surface area contributed by atoms with Crippen molar-refractivity contribution in [3.05, 3.63) is 68.5 Å². The van der Waals surface area contributed by atoms with Crippen LogP contribution in [0.5, 0.6) is 0 Å². The summed E-state index contributed by atoms with van der Waals surface area (Å²) in [6.45, 7) is 0. The van der Waals surface area contributed by atoms with E-state index in [0.717, 1.165) is 20.1 Å². The fourth-order valence-corrected chi connectivity index (χ4v) is 3.51. The van der Waals surface area contributed by atoms with Crippen molar-refractivity contribution in [3.63, 3.8) is 0 Å². The Bertz CT molecular complexity index is 779. The number of ketones is 1. The summed E-state index contributed by atoms with van der Waals surface area (Å²) in [5.74, 6) is -0.00757. The third-order valence-electron chi connectivity index (χ3n) is 2.90. The predicted molar refractivity (Wildman–Crippen MR) is 84.4 cm³/mol. The van der Waals surface area contributed by atoms with Gasteiger partial charge in [0.1, 0.15) is 0 Å². The maximum absolute atomic E-state index is 12.6. The number of rotatable bonds is 2. The van der Waals surface area contributed by atoms with Crippen LogP contribution >= 0.6 is 38.9 Å². The Balaban J connectivity index is 2.16. The van der Waals surface area contributed by atoms with Crippen LogP contribution in [0.2, 0.25) is 5.02 Å². The van der Waals surface area contributed by atoms with Crippen molar-refractivity contribution in [2.75, 3.05) is 0 Å². The molecule has 94 valence electrons. The molecule has 0 saturated heterocycles. The van der Waals surface area contributed by atoms with Crippen molar-refractivity contribution in [1.29, 1.82) is 0 Å². The summed E-state index contributed by atoms with van der Waals surface area (Å²) in [5.41, 5.74) is 1.32. The normalized spacial score (nSPS) is 10.8. The average Bonchev–Trinajstić information content (AvgIpc) is 2.84. The Labute approximate surface area is 128 Å². The monoisotopic (exact) mass is 350 g/mol. The molecule has 0 radical (unpaired) electrons. The van der Waals surface area contributed by atoms with Gasteiger partial charge in [0, 0.05) is 36.1 Å². The molecule has 0 aliphatic rings. The molecular weight excluding hydrogens is 344 g/mol. The Morgan fingerprint density at radius 1 is 1.11 bits per heavy atom. The molecule has 0 N–H and O–H groups in total. The van der Waals surface area contributed by atoms with Gasteiger partial charge in [0.2, 0.25) is 0 Å². The Hall–Kier alpha value is -1.16. The summed E-state index contributed by atoms with van der Waals surface area (Å²) in [6, 6.07) is 13.2. The van der Waals surface area contributed by atoms with Gasteiger partial charge in [-0.3, -0.25) is 4.79 Å². The van der Waals surface area contributed by atoms with Gasteiger partial charge in [-0.1, -0.05) is 45.7 Å². The summed E-state index contributed by atoms with van der Waals surface area (Å²) in [6.07, 6.45) is 0. The highest BCUT2D eigenvalue weighted by Crippen LogP contribution is 2.30. The van der Waals surface area contributed by atoms with Gasteiger partial charge in [-0.25, -0.2) is 0 Å². The first-order chi connectivity index (χ1) is 9.16. The van der Waals surface area contributed by atoms with Crippen LogP contribution in [-0.4, -0.2) is 5.78 Å². The first-order valence-corrected chi connectivity index (χ1v) is 7.68. The lowest BCUT2D eigenvalue weighted by Gasteiger charge is -2.03. The number of hydrogen-bond acceptors (Lipinski definition) is 2. The lowest BCUT2D eigenvalue weighted by Crippen LogP contribution is -2.01. The number of hydrogen-bond donors (Lipinski definition) is 0. The zero-order chi connectivity index (χ0) is 13.4. The van der Waals surface area contributed by atoms with Crippen LogP contribution in [0.4, 0.5) is 0 Å². The number of carbonyl (C=O) groups is 1. The van der Waals surface area contributed by atoms with Crippen molar-refractivity contribution >= 4 is 54.7 Å². The largest absolute Gasteiger partial charge is 0.289 e. The number of halogens is 2. The first kappa shape index (κ1) is 12.9. The molecule has 0 aliphatic heterocycles. The van der Waals surface area contributed by atoms with E-state index < -0.39 is 0 Å². The molecule has 0 bridgehead atoms. The van der Waals surface area contributed by atoms with Gasteiger partial charge in [-0.2, -0.15) is 0 Å². The van der Waals surface area contributed by atoms with Crippen LogP contribution in [-0.2, 0) is 0 Å². The minimum Gasteiger partial charge on any atom is -0.289 e. The highest BCUT2D eigenvalue weighted by molar-refractivity contribution is 9.10. The minimum atomic E-state index is -0.00757. The summed E-state index contributed by atoms with van der Waals surface area (Å²) in [5, 5.41) is 3.45. The summed E-state index contributed by atoms with van der Waals surface area (Å²) >= 11 is 11.0. The van der Waals surface area contributed by atoms with Crippen molar-refractivity contribution in [3.8, 4) is 0 Å². The quantitative estimate of drug-likeness (QED) is 0.553. The molecule has 0 saturated carbocycles. The van der Waals surface area contributed by atoms with Crippen LogP contribution in [0.25, 0.3) is 10.1 Å². The maximum Gasteiger partial charge on any atom is 0.195 e. The molecule has 0 aliphatic carbocycles. The molecule has 2 aromatic carbocycles. The van der Waals surface area contributed by atoms with Crippen molar-refractivity contribution in [1.82, 2.24) is 0 Å². The molecular formula is C15H8BrClOS. The van der Waals surface area contributed by atoms with Crippen molar-refractivity contribution in [2.24, 2.45) is 0 Å². The van der Waals surface area contributed by atoms with E-state index in [2.05, 4.69) is 15.9 Å². The molecule has 19 heavy (non-hydrogen) atoms. The predicted octanol–water partition coefficient (Wildman–Crippen LogP) is 5.55. The van der Waals surface area contributed by atoms with Gasteiger partial charge in [0.05, 0.1) is 0 Å². The smallest absolute Gasteiger partial charge is 0.195 e. The van der Waals surface area contributed by atoms with E-state index in [1.807, 2.05) is 29.6 Å². The van der Waals surface area contributed by atoms with Gasteiger partial charge in [0.15, 0.2) is 5.78 Å². The Morgan fingerprint density at radius 2 is 1.89 bits per heavy atom. The highest BCUT2D eigenvalue weighted by Gasteiger charge is 2.16. The maximum atomic E-state index is 12.6. The number of carbonyl (C=O) groups excluding carboxylic acids is 1. The lowest BCUT2D eigenvalue weighted by atomic mass is 10.0. The van der Waals surface area contributed by atoms with Crippen LogP contribution in [0, 0.1) is 0 Å². The van der Waals surface area contributed by atoms with E-state index in [4.69, 9.17) is 11.6 Å². The molecule has 0 amide bonds. The Kier molecular flexibility index (Phi) is 3.44. The van der Waals surface area contributed by atoms with Gasteiger partial charge in [-0.15, -0.1) is 11.3 Å². The number of fused-ring (bicyclic) bond motifs is 1. The molecule has 0 spiro atoms. The average molecular weight is 352 g/mol. The number of benzene rings is 2. The van der Waals surface area contributed by atoms with Gasteiger partial charge < -0.3 is 0 Å². The second kappa shape index (κ2) is 5.08. The van der Waals surface area contributed by atoms with Crippen LogP contribution in [0.15, 0.2) is 52.3 Å². The minimum absolute atomic E-state index is 0.00757. The zero-order valence-corrected chi connectivity index (χ0v) is 12.8. The van der Waals surface area contributed by atoms with E-state index in [1.165, 1.54) is 0 Å². The summed E-state index contributed by atoms with van der Waals surface area (Å²) in [7, 11) is 0. The summed E-state index contributed by atoms with van der Waals surface area (Å²) in [4.78, 5) is 12.6. The van der Waals surface area contributed by atoms with Gasteiger partial charge in [-0.05, 0) is 24.3 Å². The highest BCUT2D eigenvalue weighted by atomic mass is 79.9. The molecule has 3 rings (SSSR count). The molecule has 1 heterocycles. The van der Waals surface area contributed by atoms with E-state index >= 15 is 0 Å². The molecule has 0 unspecified atom stereocenters. The molecule has 0 atom stereocenters. The standard InChI is InChI=1S/C15H8BrClOS/c16-13-6-5-9(17)7-11(13)15(18)12-8-19-14-4-2-1-3-10(12)14/h1-8H. The van der Waals surface area contributed by atoms with E-state index in [-0.39, 0.29) is 5.78 Å². The van der Waals surface area contributed by atoms with Crippen molar-refractivity contribution in [2.45, 2.75) is 0 Å².